The molecule has 0 amide bonds. The van der Waals surface area contributed by atoms with Crippen LogP contribution >= 0.6 is 0 Å². The summed E-state index contributed by atoms with van der Waals surface area (Å²) in [5.41, 5.74) is 5.97. The van der Waals surface area contributed by atoms with E-state index in [9.17, 15) is 0 Å². The van der Waals surface area contributed by atoms with E-state index in [0.717, 1.165) is 6.42 Å². The molecule has 0 radical (unpaired) electrons. The summed E-state index contributed by atoms with van der Waals surface area (Å²) in [5.74, 6) is 0. The minimum Gasteiger partial charge on any atom is -1.00 e. The largest absolute Gasteiger partial charge is 4.00 e. The van der Waals surface area contributed by atoms with E-state index in [-0.39, 0.29) is 73.8 Å². The van der Waals surface area contributed by atoms with Crippen molar-refractivity contribution in [2.75, 3.05) is 0 Å². The van der Waals surface area contributed by atoms with Crippen molar-refractivity contribution in [1.29, 1.82) is 0 Å². The average Bonchev–Trinajstić information content (AvgIpc) is 3.29. The van der Waals surface area contributed by atoms with Crippen LogP contribution in [0.1, 0.15) is 35.1 Å². The number of aryl methyl sites for hydroxylation is 2. The second-order valence-corrected chi connectivity index (χ2v) is 6.94. The Kier molecular flexibility index (Phi) is 12.1. The number of rotatable bonds is 2. The SMILES string of the molecule is [Hf+4].[I-].[I-].c1cc2c([cH-]1)CCCC2.c1ccc(Cc2cc3ccccc3[cH-]2)cc1. The molecule has 0 aliphatic heterocycles. The molecule has 1 aliphatic carbocycles. The van der Waals surface area contributed by atoms with Gasteiger partial charge in [0.15, 0.2) is 0 Å². The van der Waals surface area contributed by atoms with E-state index in [2.05, 4.69) is 84.9 Å². The maximum Gasteiger partial charge on any atom is 4.00 e. The molecule has 0 nitrogen and oxygen atoms in total. The minimum atomic E-state index is 0. The molecule has 0 saturated carbocycles. The van der Waals surface area contributed by atoms with Crippen molar-refractivity contribution in [3.8, 4) is 0 Å². The maximum absolute atomic E-state index is 2.28. The van der Waals surface area contributed by atoms with Crippen LogP contribution in [0.25, 0.3) is 10.8 Å². The summed E-state index contributed by atoms with van der Waals surface area (Å²) in [4.78, 5) is 0. The monoisotopic (exact) mass is 758 g/mol. The molecule has 0 aromatic heterocycles. The van der Waals surface area contributed by atoms with Gasteiger partial charge in [-0.25, -0.2) is 6.07 Å². The molecule has 0 heterocycles. The van der Waals surface area contributed by atoms with Crippen LogP contribution in [-0.2, 0) is 45.1 Å². The van der Waals surface area contributed by atoms with Crippen LogP contribution in [0.15, 0.2) is 84.9 Å². The van der Waals surface area contributed by atoms with Crippen LogP contribution in [0.5, 0.6) is 0 Å². The quantitative estimate of drug-likeness (QED) is 0.159. The predicted octanol–water partition coefficient (Wildman–Crippen LogP) is 0.439. The third kappa shape index (κ3) is 6.91. The van der Waals surface area contributed by atoms with Crippen molar-refractivity contribution in [2.24, 2.45) is 0 Å². The van der Waals surface area contributed by atoms with Crippen molar-refractivity contribution in [3.63, 3.8) is 0 Å². The molecule has 0 bridgehead atoms. The van der Waals surface area contributed by atoms with E-state index in [1.54, 1.807) is 11.1 Å². The Hall–Kier alpha value is -0.270. The summed E-state index contributed by atoms with van der Waals surface area (Å²) in [7, 11) is 0. The fourth-order valence-corrected chi connectivity index (χ4v) is 3.76. The van der Waals surface area contributed by atoms with Crippen LogP contribution in [-0.4, -0.2) is 0 Å². The van der Waals surface area contributed by atoms with Gasteiger partial charge in [-0.2, -0.15) is 29.3 Å². The first kappa shape index (κ1) is 25.8. The molecule has 0 saturated heterocycles. The Morgan fingerprint density at radius 2 is 1.50 bits per heavy atom. The number of halogens is 2. The van der Waals surface area contributed by atoms with E-state index < -0.39 is 0 Å². The third-order valence-electron chi connectivity index (χ3n) is 5.08. The number of benzene rings is 2. The molecule has 0 N–H and O–H groups in total. The second kappa shape index (κ2) is 13.1. The van der Waals surface area contributed by atoms with Gasteiger partial charge in [0, 0.05) is 0 Å². The van der Waals surface area contributed by atoms with Crippen LogP contribution in [0, 0.1) is 0 Å². The topological polar surface area (TPSA) is 0 Å². The summed E-state index contributed by atoms with van der Waals surface area (Å²) in [6, 6.07) is 30.4. The van der Waals surface area contributed by atoms with Crippen LogP contribution in [0.2, 0.25) is 0 Å². The zero-order valence-electron chi connectivity index (χ0n) is 15.9. The Morgan fingerprint density at radius 1 is 0.786 bits per heavy atom. The molecule has 0 spiro atoms. The Bertz CT molecular complexity index is 884. The molecule has 28 heavy (non-hydrogen) atoms. The van der Waals surface area contributed by atoms with Crippen molar-refractivity contribution in [1.82, 2.24) is 0 Å². The summed E-state index contributed by atoms with van der Waals surface area (Å²) >= 11 is 0. The summed E-state index contributed by atoms with van der Waals surface area (Å²) < 4.78 is 0. The van der Waals surface area contributed by atoms with Gasteiger partial charge in [0.25, 0.3) is 0 Å². The van der Waals surface area contributed by atoms with Gasteiger partial charge in [-0.3, -0.25) is 0 Å². The van der Waals surface area contributed by atoms with Crippen molar-refractivity contribution in [2.45, 2.75) is 32.1 Å². The normalized spacial score (nSPS) is 11.7. The first-order chi connectivity index (χ1) is 12.4. The van der Waals surface area contributed by atoms with Gasteiger partial charge in [0.2, 0.25) is 0 Å². The van der Waals surface area contributed by atoms with Gasteiger partial charge in [-0.1, -0.05) is 62.1 Å². The van der Waals surface area contributed by atoms with E-state index in [1.807, 2.05) is 0 Å². The van der Waals surface area contributed by atoms with Gasteiger partial charge in [-0.05, 0) is 12.0 Å². The van der Waals surface area contributed by atoms with Gasteiger partial charge in [-0.15, -0.1) is 40.6 Å². The number of hydrogen-bond acceptors (Lipinski definition) is 0. The molecule has 142 valence electrons. The van der Waals surface area contributed by atoms with Crippen LogP contribution in [0.3, 0.4) is 0 Å². The molecule has 3 heteroatoms. The molecule has 0 atom stereocenters. The van der Waals surface area contributed by atoms with Crippen molar-refractivity contribution >= 4 is 10.8 Å². The van der Waals surface area contributed by atoms with Gasteiger partial charge < -0.3 is 48.0 Å². The minimum absolute atomic E-state index is 0. The zero-order chi connectivity index (χ0) is 16.9. The smallest absolute Gasteiger partial charge is 1.00 e. The Labute approximate surface area is 221 Å². The first-order valence-corrected chi connectivity index (χ1v) is 9.30. The van der Waals surface area contributed by atoms with E-state index in [0.29, 0.717) is 0 Å². The molecule has 0 unspecified atom stereocenters. The molecule has 0 fully saturated rings. The molecule has 5 rings (SSSR count). The fraction of sp³-hybridized carbons (Fsp3) is 0.200. The second-order valence-electron chi connectivity index (χ2n) is 6.94. The van der Waals surface area contributed by atoms with E-state index in [1.165, 1.54) is 47.6 Å². The Balaban J connectivity index is 0.000000284. The van der Waals surface area contributed by atoms with Crippen molar-refractivity contribution < 1.29 is 73.8 Å². The summed E-state index contributed by atoms with van der Waals surface area (Å²) in [6.45, 7) is 0. The standard InChI is InChI=1S/C16H13.C9H11.Hf.2HI/c1-2-6-13(7-3-1)10-14-11-15-8-4-5-9-16(15)12-14;1-2-5-9-7-3-6-8(9)4-1;;;/h1-9,11-12H,10H2;3,6-7H,1-2,4-5H2;;2*1H/q2*-1;+4;;/p-2. The summed E-state index contributed by atoms with van der Waals surface area (Å²) in [6.07, 6.45) is 6.47. The molecular weight excluding hydrogens is 733 g/mol. The zero-order valence-corrected chi connectivity index (χ0v) is 23.8. The van der Waals surface area contributed by atoms with Gasteiger partial charge in [0.05, 0.1) is 0 Å². The molecule has 4 aromatic carbocycles. The van der Waals surface area contributed by atoms with Crippen molar-refractivity contribution in [3.05, 3.63) is 107 Å². The van der Waals surface area contributed by atoms with Crippen LogP contribution < -0.4 is 48.0 Å². The van der Waals surface area contributed by atoms with Crippen LogP contribution in [0.4, 0.5) is 0 Å². The number of hydrogen-bond donors (Lipinski definition) is 0. The average molecular weight is 757 g/mol. The molecule has 4 aromatic rings. The molecule has 1 aliphatic rings. The van der Waals surface area contributed by atoms with E-state index >= 15 is 0 Å². The summed E-state index contributed by atoms with van der Waals surface area (Å²) in [5, 5.41) is 2.68. The fourth-order valence-electron chi connectivity index (χ4n) is 3.76. The number of fused-ring (bicyclic) bond motifs is 2. The maximum atomic E-state index is 2.28. The molecular formula is C25H24HfI2. The van der Waals surface area contributed by atoms with Gasteiger partial charge in [0.1, 0.15) is 0 Å². The van der Waals surface area contributed by atoms with Gasteiger partial charge >= 0.3 is 25.8 Å². The predicted molar refractivity (Wildman–Crippen MR) is 107 cm³/mol. The Morgan fingerprint density at radius 3 is 2.25 bits per heavy atom. The third-order valence-corrected chi connectivity index (χ3v) is 5.08. The van der Waals surface area contributed by atoms with E-state index in [4.69, 9.17) is 0 Å². The first-order valence-electron chi connectivity index (χ1n) is 9.30.